The molecule has 2 N–H and O–H groups in total. The van der Waals surface area contributed by atoms with Crippen molar-refractivity contribution in [3.8, 4) is 0 Å². The molecule has 2 heterocycles. The van der Waals surface area contributed by atoms with Crippen LogP contribution in [0, 0.1) is 13.8 Å². The Labute approximate surface area is 101 Å². The molecule has 90 valence electrons. The molecule has 2 aromatic rings. The first-order chi connectivity index (χ1) is 8.19. The van der Waals surface area contributed by atoms with Crippen LogP contribution in [0.4, 0.5) is 5.82 Å². The second-order valence-corrected chi connectivity index (χ2v) is 4.02. The van der Waals surface area contributed by atoms with Gasteiger partial charge in [0.15, 0.2) is 0 Å². The molecule has 0 aliphatic carbocycles. The quantitative estimate of drug-likeness (QED) is 0.844. The summed E-state index contributed by atoms with van der Waals surface area (Å²) < 4.78 is 0. The lowest BCUT2D eigenvalue weighted by Crippen LogP contribution is -2.05. The third kappa shape index (κ3) is 2.81. The summed E-state index contributed by atoms with van der Waals surface area (Å²) in [4.78, 5) is 8.70. The van der Waals surface area contributed by atoms with Crippen molar-refractivity contribution >= 4 is 5.82 Å². The Kier molecular flexibility index (Phi) is 3.37. The van der Waals surface area contributed by atoms with Gasteiger partial charge in [0.05, 0.1) is 6.20 Å². The fourth-order valence-corrected chi connectivity index (χ4v) is 1.64. The number of rotatable bonds is 4. The molecule has 0 fully saturated rings. The van der Waals surface area contributed by atoms with Crippen molar-refractivity contribution < 1.29 is 0 Å². The zero-order valence-electron chi connectivity index (χ0n) is 10.4. The number of aryl methyl sites for hydroxylation is 3. The Hall–Kier alpha value is -1.91. The Morgan fingerprint density at radius 2 is 2.12 bits per heavy atom. The normalized spacial score (nSPS) is 10.5. The molecular formula is C12H17N5. The van der Waals surface area contributed by atoms with Crippen molar-refractivity contribution in [1.82, 2.24) is 20.2 Å². The van der Waals surface area contributed by atoms with Crippen molar-refractivity contribution in [2.24, 2.45) is 0 Å². The molecule has 0 bridgehead atoms. The van der Waals surface area contributed by atoms with Crippen LogP contribution in [0.5, 0.6) is 0 Å². The summed E-state index contributed by atoms with van der Waals surface area (Å²) in [6, 6.07) is 1.99. The van der Waals surface area contributed by atoms with Crippen LogP contribution in [-0.4, -0.2) is 20.2 Å². The Balaban J connectivity index is 2.09. The van der Waals surface area contributed by atoms with E-state index in [2.05, 4.69) is 32.4 Å². The molecule has 2 aromatic heterocycles. The van der Waals surface area contributed by atoms with Gasteiger partial charge < -0.3 is 5.32 Å². The second-order valence-electron chi connectivity index (χ2n) is 4.02. The van der Waals surface area contributed by atoms with E-state index in [4.69, 9.17) is 0 Å². The number of hydrogen-bond acceptors (Lipinski definition) is 4. The minimum Gasteiger partial charge on any atom is -0.366 e. The number of nitrogens with zero attached hydrogens (tertiary/aromatic N) is 3. The molecular weight excluding hydrogens is 214 g/mol. The molecule has 5 heteroatoms. The van der Waals surface area contributed by atoms with Gasteiger partial charge in [-0.25, -0.2) is 9.97 Å². The fraction of sp³-hybridized carbons (Fsp3) is 0.417. The Morgan fingerprint density at radius 1 is 1.29 bits per heavy atom. The molecule has 0 aromatic carbocycles. The molecule has 0 saturated carbocycles. The minimum absolute atomic E-state index is 0.724. The zero-order chi connectivity index (χ0) is 12.3. The molecule has 0 atom stereocenters. The molecule has 0 aliphatic rings. The molecule has 0 spiro atoms. The highest BCUT2D eigenvalue weighted by Crippen LogP contribution is 2.10. The van der Waals surface area contributed by atoms with Gasteiger partial charge in [-0.1, -0.05) is 6.92 Å². The van der Waals surface area contributed by atoms with Crippen LogP contribution < -0.4 is 5.32 Å². The predicted molar refractivity (Wildman–Crippen MR) is 66.8 cm³/mol. The van der Waals surface area contributed by atoms with E-state index in [0.29, 0.717) is 0 Å². The first kappa shape index (κ1) is 11.6. The van der Waals surface area contributed by atoms with E-state index in [1.54, 1.807) is 0 Å². The number of anilines is 1. The largest absolute Gasteiger partial charge is 0.366 e. The summed E-state index contributed by atoms with van der Waals surface area (Å²) in [5.74, 6) is 1.67. The van der Waals surface area contributed by atoms with E-state index >= 15 is 0 Å². The summed E-state index contributed by atoms with van der Waals surface area (Å²) >= 11 is 0. The maximum absolute atomic E-state index is 4.36. The third-order valence-corrected chi connectivity index (χ3v) is 2.65. The lowest BCUT2D eigenvalue weighted by atomic mass is 10.2. The van der Waals surface area contributed by atoms with Gasteiger partial charge in [-0.3, -0.25) is 5.10 Å². The molecule has 0 amide bonds. The van der Waals surface area contributed by atoms with Gasteiger partial charge >= 0.3 is 0 Å². The Bertz CT molecular complexity index is 503. The van der Waals surface area contributed by atoms with Gasteiger partial charge in [-0.15, -0.1) is 0 Å². The summed E-state index contributed by atoms with van der Waals surface area (Å²) in [5, 5.41) is 10.2. The van der Waals surface area contributed by atoms with Crippen LogP contribution >= 0.6 is 0 Å². The van der Waals surface area contributed by atoms with Crippen molar-refractivity contribution in [3.63, 3.8) is 0 Å². The second kappa shape index (κ2) is 4.95. The van der Waals surface area contributed by atoms with Crippen molar-refractivity contribution in [2.75, 3.05) is 5.32 Å². The van der Waals surface area contributed by atoms with E-state index in [-0.39, 0.29) is 0 Å². The van der Waals surface area contributed by atoms with Crippen molar-refractivity contribution in [2.45, 2.75) is 33.7 Å². The molecule has 5 nitrogen and oxygen atoms in total. The molecule has 0 saturated heterocycles. The lowest BCUT2D eigenvalue weighted by molar-refractivity contribution is 0.940. The lowest BCUT2D eigenvalue weighted by Gasteiger charge is -2.07. The van der Waals surface area contributed by atoms with E-state index in [1.165, 1.54) is 0 Å². The van der Waals surface area contributed by atoms with Gasteiger partial charge in [0.1, 0.15) is 11.6 Å². The number of hydrogen-bond donors (Lipinski definition) is 2. The van der Waals surface area contributed by atoms with E-state index in [9.17, 15) is 0 Å². The fourth-order valence-electron chi connectivity index (χ4n) is 1.64. The molecule has 0 radical (unpaired) electrons. The van der Waals surface area contributed by atoms with Crippen LogP contribution in [0.2, 0.25) is 0 Å². The van der Waals surface area contributed by atoms with E-state index in [1.807, 2.05) is 26.1 Å². The van der Waals surface area contributed by atoms with E-state index < -0.39 is 0 Å². The standard InChI is InChI=1S/C12H17N5/c1-4-11-5-12(16-9(3)15-11)13-6-10-7-14-17-8(10)2/h5,7H,4,6H2,1-3H3,(H,14,17)(H,13,15,16). The van der Waals surface area contributed by atoms with Crippen LogP contribution in [0.1, 0.15) is 29.7 Å². The highest BCUT2D eigenvalue weighted by atomic mass is 15.1. The van der Waals surface area contributed by atoms with Gasteiger partial charge in [-0.2, -0.15) is 5.10 Å². The van der Waals surface area contributed by atoms with Crippen molar-refractivity contribution in [1.29, 1.82) is 0 Å². The maximum atomic E-state index is 4.36. The number of aromatic nitrogens is 4. The zero-order valence-corrected chi connectivity index (χ0v) is 10.4. The van der Waals surface area contributed by atoms with Gasteiger partial charge in [-0.05, 0) is 20.3 Å². The first-order valence-electron chi connectivity index (χ1n) is 5.76. The predicted octanol–water partition coefficient (Wildman–Crippen LogP) is 1.99. The van der Waals surface area contributed by atoms with Crippen molar-refractivity contribution in [3.05, 3.63) is 35.0 Å². The number of H-pyrrole nitrogens is 1. The van der Waals surface area contributed by atoms with Gasteiger partial charge in [0.25, 0.3) is 0 Å². The van der Waals surface area contributed by atoms with E-state index in [0.717, 1.165) is 41.6 Å². The van der Waals surface area contributed by atoms with Gasteiger partial charge in [0.2, 0.25) is 0 Å². The average Bonchev–Trinajstić information content (AvgIpc) is 2.71. The minimum atomic E-state index is 0.724. The molecule has 0 unspecified atom stereocenters. The van der Waals surface area contributed by atoms with Crippen LogP contribution in [0.3, 0.4) is 0 Å². The highest BCUT2D eigenvalue weighted by molar-refractivity contribution is 5.37. The maximum Gasteiger partial charge on any atom is 0.130 e. The average molecular weight is 231 g/mol. The van der Waals surface area contributed by atoms with Gasteiger partial charge in [0, 0.05) is 29.6 Å². The third-order valence-electron chi connectivity index (χ3n) is 2.65. The van der Waals surface area contributed by atoms with Crippen LogP contribution in [0.25, 0.3) is 0 Å². The number of nitrogens with one attached hydrogen (secondary N) is 2. The Morgan fingerprint density at radius 3 is 2.76 bits per heavy atom. The molecule has 0 aliphatic heterocycles. The molecule has 17 heavy (non-hydrogen) atoms. The summed E-state index contributed by atoms with van der Waals surface area (Å²) in [7, 11) is 0. The highest BCUT2D eigenvalue weighted by Gasteiger charge is 2.03. The number of aromatic amines is 1. The smallest absolute Gasteiger partial charge is 0.130 e. The van der Waals surface area contributed by atoms with Crippen LogP contribution in [-0.2, 0) is 13.0 Å². The summed E-state index contributed by atoms with van der Waals surface area (Å²) in [6.45, 7) is 6.73. The topological polar surface area (TPSA) is 66.5 Å². The summed E-state index contributed by atoms with van der Waals surface area (Å²) in [6.07, 6.45) is 2.75. The first-order valence-corrected chi connectivity index (χ1v) is 5.76. The SMILES string of the molecule is CCc1cc(NCc2cn[nH]c2C)nc(C)n1. The molecule has 2 rings (SSSR count). The monoisotopic (exact) mass is 231 g/mol. The summed E-state index contributed by atoms with van der Waals surface area (Å²) in [5.41, 5.74) is 3.29. The van der Waals surface area contributed by atoms with Crippen LogP contribution in [0.15, 0.2) is 12.3 Å².